The summed E-state index contributed by atoms with van der Waals surface area (Å²) < 4.78 is 39.9. The van der Waals surface area contributed by atoms with Gasteiger partial charge in [-0.2, -0.15) is 0 Å². The number of carbonyl (C=O) groups is 4. The Hall–Kier alpha value is -4.40. The number of allylic oxidation sites excluding steroid dienone is 1. The molecule has 270 valence electrons. The molecule has 1 aromatic heterocycles. The zero-order valence-corrected chi connectivity index (χ0v) is 29.3. The van der Waals surface area contributed by atoms with E-state index in [1.165, 1.54) is 4.90 Å². The standard InChI is InChI=1S/C35H45N5O9S/c1-4-48-28-18-36-31(26-12-8-7-11-25(26)28)49-23-16-27-30(41)38-35(33(43)39-50(46,47)24-13-14-24)17-22(35)10-6-5-9-20(2)15-21(3)29(37-34(44)45)32(42)40(27)19-23/h6-8,10-12,18,20-24,27,29,37H,4-5,9,13-17,19H2,1-3H3,(H,38,41)(H,39,43)(H,44,45)/t20-,21-,22-,23-,27+,29+,35-/m1/s1. The Morgan fingerprint density at radius 1 is 1.12 bits per heavy atom. The number of ether oxygens (including phenoxy) is 2. The van der Waals surface area contributed by atoms with Crippen molar-refractivity contribution in [3.63, 3.8) is 0 Å². The highest BCUT2D eigenvalue weighted by molar-refractivity contribution is 7.91. The summed E-state index contributed by atoms with van der Waals surface area (Å²) >= 11 is 0. The van der Waals surface area contributed by atoms with Gasteiger partial charge in [-0.05, 0) is 63.4 Å². The van der Waals surface area contributed by atoms with Crippen molar-refractivity contribution >= 4 is 44.6 Å². The monoisotopic (exact) mass is 711 g/mol. The quantitative estimate of drug-likeness (QED) is 0.296. The summed E-state index contributed by atoms with van der Waals surface area (Å²) in [6.07, 6.45) is 6.33. The number of hydrogen-bond acceptors (Lipinski definition) is 9. The van der Waals surface area contributed by atoms with Crippen LogP contribution in [0.1, 0.15) is 65.7 Å². The summed E-state index contributed by atoms with van der Waals surface area (Å²) in [5.74, 6) is -1.91. The maximum absolute atomic E-state index is 14.3. The molecular formula is C35H45N5O9S. The highest BCUT2D eigenvalue weighted by Gasteiger charge is 2.62. The molecule has 2 saturated carbocycles. The minimum Gasteiger partial charge on any atom is -0.492 e. The van der Waals surface area contributed by atoms with Crippen molar-refractivity contribution in [3.05, 3.63) is 42.6 Å². The first kappa shape index (κ1) is 35.4. The number of amides is 4. The predicted molar refractivity (Wildman–Crippen MR) is 183 cm³/mol. The van der Waals surface area contributed by atoms with Crippen LogP contribution in [-0.2, 0) is 24.4 Å². The normalized spacial score (nSPS) is 30.3. The first-order chi connectivity index (χ1) is 23.8. The van der Waals surface area contributed by atoms with Gasteiger partial charge in [-0.1, -0.05) is 44.2 Å². The van der Waals surface area contributed by atoms with Gasteiger partial charge in [0.1, 0.15) is 29.5 Å². The van der Waals surface area contributed by atoms with Crippen molar-refractivity contribution in [2.75, 3.05) is 13.2 Å². The lowest BCUT2D eigenvalue weighted by Crippen LogP contribution is -2.59. The molecule has 1 saturated heterocycles. The van der Waals surface area contributed by atoms with Crippen molar-refractivity contribution in [2.45, 2.75) is 94.7 Å². The Balaban J connectivity index is 1.33. The van der Waals surface area contributed by atoms with Crippen molar-refractivity contribution in [2.24, 2.45) is 17.8 Å². The number of aromatic nitrogens is 1. The molecule has 50 heavy (non-hydrogen) atoms. The first-order valence-corrected chi connectivity index (χ1v) is 18.9. The number of carboxylic acid groups (broad SMARTS) is 1. The maximum atomic E-state index is 14.3. The van der Waals surface area contributed by atoms with Gasteiger partial charge in [0.2, 0.25) is 27.7 Å². The SMILES string of the molecule is CCOc1cnc(O[C@@H]2C[C@H]3C(=O)N[C@]4(C(=O)NS(=O)(=O)C5CC5)C[C@H]4C=CCC[C@@H](C)C[C@@H](C)[C@H](NC(=O)O)C(=O)N3C2)c2ccccc12. The van der Waals surface area contributed by atoms with Gasteiger partial charge in [0, 0.05) is 23.1 Å². The van der Waals surface area contributed by atoms with E-state index in [-0.39, 0.29) is 31.2 Å². The molecule has 0 radical (unpaired) electrons. The molecule has 0 unspecified atom stereocenters. The fourth-order valence-corrected chi connectivity index (χ4v) is 8.66. The Labute approximate surface area is 291 Å². The second kappa shape index (κ2) is 14.1. The third-order valence-corrected chi connectivity index (χ3v) is 12.0. The number of nitrogens with zero attached hydrogens (tertiary/aromatic N) is 2. The van der Waals surface area contributed by atoms with E-state index in [0.717, 1.165) is 11.8 Å². The number of benzene rings is 1. The largest absolute Gasteiger partial charge is 0.492 e. The molecule has 0 spiro atoms. The molecule has 3 heterocycles. The topological polar surface area (TPSA) is 193 Å². The second-order valence-electron chi connectivity index (χ2n) is 14.1. The van der Waals surface area contributed by atoms with Gasteiger partial charge in [-0.3, -0.25) is 19.1 Å². The lowest BCUT2D eigenvalue weighted by Gasteiger charge is -2.32. The molecule has 7 atom stereocenters. The van der Waals surface area contributed by atoms with Crippen LogP contribution < -0.4 is 24.8 Å². The van der Waals surface area contributed by atoms with E-state index < -0.39 is 74.7 Å². The maximum Gasteiger partial charge on any atom is 0.405 e. The highest BCUT2D eigenvalue weighted by atomic mass is 32.2. The molecule has 6 rings (SSSR count). The number of fused-ring (bicyclic) bond motifs is 3. The fraction of sp³-hybridized carbons (Fsp3) is 0.571. The number of sulfonamides is 1. The zero-order chi connectivity index (χ0) is 35.8. The van der Waals surface area contributed by atoms with Crippen LogP contribution in [0.4, 0.5) is 4.79 Å². The lowest BCUT2D eigenvalue weighted by molar-refractivity contribution is -0.142. The number of rotatable bonds is 8. The molecule has 3 fully saturated rings. The van der Waals surface area contributed by atoms with Crippen LogP contribution in [0.2, 0.25) is 0 Å². The minimum atomic E-state index is -3.90. The third-order valence-electron chi connectivity index (χ3n) is 10.2. The summed E-state index contributed by atoms with van der Waals surface area (Å²) in [7, 11) is -3.90. The minimum absolute atomic E-state index is 0.0178. The molecule has 4 amide bonds. The summed E-state index contributed by atoms with van der Waals surface area (Å²) in [6, 6.07) is 5.11. The summed E-state index contributed by atoms with van der Waals surface area (Å²) in [4.78, 5) is 60.0. The molecular weight excluding hydrogens is 666 g/mol. The van der Waals surface area contributed by atoms with Gasteiger partial charge >= 0.3 is 6.09 Å². The molecule has 2 aliphatic carbocycles. The van der Waals surface area contributed by atoms with Gasteiger partial charge in [0.15, 0.2) is 0 Å². The lowest BCUT2D eigenvalue weighted by atomic mass is 9.88. The molecule has 2 aliphatic heterocycles. The van der Waals surface area contributed by atoms with Crippen molar-refractivity contribution in [1.82, 2.24) is 25.2 Å². The van der Waals surface area contributed by atoms with Crippen molar-refractivity contribution in [1.29, 1.82) is 0 Å². The molecule has 2 aromatic rings. The van der Waals surface area contributed by atoms with Gasteiger partial charge < -0.3 is 30.1 Å². The van der Waals surface area contributed by atoms with Gasteiger partial charge in [-0.15, -0.1) is 0 Å². The Morgan fingerprint density at radius 2 is 1.86 bits per heavy atom. The van der Waals surface area contributed by atoms with Crippen LogP contribution in [0.25, 0.3) is 10.8 Å². The van der Waals surface area contributed by atoms with E-state index in [2.05, 4.69) is 20.3 Å². The summed E-state index contributed by atoms with van der Waals surface area (Å²) in [5.41, 5.74) is -1.52. The van der Waals surface area contributed by atoms with E-state index in [1.807, 2.05) is 57.2 Å². The van der Waals surface area contributed by atoms with E-state index in [1.54, 1.807) is 6.20 Å². The number of carbonyl (C=O) groups excluding carboxylic acids is 3. The van der Waals surface area contributed by atoms with Gasteiger partial charge in [-0.25, -0.2) is 18.2 Å². The summed E-state index contributed by atoms with van der Waals surface area (Å²) in [6.45, 7) is 6.10. The molecule has 0 bridgehead atoms. The first-order valence-electron chi connectivity index (χ1n) is 17.3. The predicted octanol–water partition coefficient (Wildman–Crippen LogP) is 3.11. The zero-order valence-electron chi connectivity index (χ0n) is 28.5. The Bertz CT molecular complexity index is 1800. The number of hydrogen-bond donors (Lipinski definition) is 4. The van der Waals surface area contributed by atoms with Gasteiger partial charge in [0.25, 0.3) is 5.91 Å². The third kappa shape index (κ3) is 7.37. The smallest absolute Gasteiger partial charge is 0.405 e. The van der Waals surface area contributed by atoms with E-state index in [0.29, 0.717) is 43.4 Å². The fourth-order valence-electron chi connectivity index (χ4n) is 7.29. The second-order valence-corrected chi connectivity index (χ2v) is 16.0. The summed E-state index contributed by atoms with van der Waals surface area (Å²) in [5, 5.41) is 15.8. The highest BCUT2D eigenvalue weighted by Crippen LogP contribution is 2.46. The van der Waals surface area contributed by atoms with Crippen LogP contribution in [0, 0.1) is 17.8 Å². The van der Waals surface area contributed by atoms with E-state index in [4.69, 9.17) is 9.47 Å². The Kier molecular flexibility index (Phi) is 9.98. The molecule has 4 aliphatic rings. The van der Waals surface area contributed by atoms with Crippen molar-refractivity contribution in [3.8, 4) is 11.6 Å². The average Bonchev–Trinajstić information content (AvgIpc) is 3.99. The molecule has 14 nitrogen and oxygen atoms in total. The van der Waals surface area contributed by atoms with Crippen LogP contribution in [-0.4, -0.2) is 89.4 Å². The number of nitrogens with one attached hydrogen (secondary N) is 3. The Morgan fingerprint density at radius 3 is 2.56 bits per heavy atom. The average molecular weight is 712 g/mol. The van der Waals surface area contributed by atoms with Crippen LogP contribution in [0.5, 0.6) is 11.6 Å². The number of pyridine rings is 1. The van der Waals surface area contributed by atoms with Crippen LogP contribution in [0.15, 0.2) is 42.6 Å². The molecule has 15 heteroatoms. The van der Waals surface area contributed by atoms with E-state index >= 15 is 0 Å². The molecule has 1 aromatic carbocycles. The van der Waals surface area contributed by atoms with Crippen molar-refractivity contribution < 1.29 is 42.2 Å². The van der Waals surface area contributed by atoms with Gasteiger partial charge in [0.05, 0.1) is 24.6 Å². The van der Waals surface area contributed by atoms with E-state index in [9.17, 15) is 32.7 Å². The van der Waals surface area contributed by atoms with Crippen LogP contribution in [0.3, 0.4) is 0 Å². The molecule has 4 N–H and O–H groups in total. The van der Waals surface area contributed by atoms with Crippen LogP contribution >= 0.6 is 0 Å².